The summed E-state index contributed by atoms with van der Waals surface area (Å²) in [6, 6.07) is 11.6. The van der Waals surface area contributed by atoms with Gasteiger partial charge in [0.25, 0.3) is 5.69 Å². The Morgan fingerprint density at radius 1 is 1.13 bits per heavy atom. The number of fused-ring (bicyclic) bond motifs is 1. The van der Waals surface area contributed by atoms with Gasteiger partial charge in [-0.2, -0.15) is 0 Å². The van der Waals surface area contributed by atoms with Gasteiger partial charge in [-0.1, -0.05) is 18.2 Å². The standard InChI is InChI=1S/C23H24N2O6/c1-22(2,3)31-21(27)24-11-9-23(10-12-24)20(26)18-14-16(7-8-19(18)30-23)15-5-4-6-17(13-15)25(28)29/h4-8,13-14H,9-12H2,1-3H3. The molecule has 1 amide bonds. The molecule has 31 heavy (non-hydrogen) atoms. The van der Waals surface area contributed by atoms with E-state index in [4.69, 9.17) is 9.47 Å². The molecule has 0 atom stereocenters. The lowest BCUT2D eigenvalue weighted by Gasteiger charge is -2.37. The third-order valence-electron chi connectivity index (χ3n) is 5.56. The minimum atomic E-state index is -0.984. The number of benzene rings is 2. The monoisotopic (exact) mass is 424 g/mol. The first-order chi connectivity index (χ1) is 14.6. The fourth-order valence-electron chi connectivity index (χ4n) is 3.98. The van der Waals surface area contributed by atoms with E-state index in [1.54, 1.807) is 35.2 Å². The van der Waals surface area contributed by atoms with Crippen LogP contribution in [-0.2, 0) is 4.74 Å². The number of nitrogens with zero attached hydrogens (tertiary/aromatic N) is 2. The molecule has 0 aliphatic carbocycles. The maximum Gasteiger partial charge on any atom is 0.410 e. The predicted octanol–water partition coefficient (Wildman–Crippen LogP) is 4.61. The van der Waals surface area contributed by atoms with Crippen molar-refractivity contribution in [1.29, 1.82) is 0 Å². The van der Waals surface area contributed by atoms with E-state index >= 15 is 0 Å². The van der Waals surface area contributed by atoms with E-state index in [1.807, 2.05) is 20.8 Å². The number of likely N-dealkylation sites (tertiary alicyclic amines) is 1. The van der Waals surface area contributed by atoms with Crippen LogP contribution in [0.5, 0.6) is 5.75 Å². The number of nitro benzene ring substituents is 1. The highest BCUT2D eigenvalue weighted by Gasteiger charge is 2.50. The zero-order valence-electron chi connectivity index (χ0n) is 17.7. The van der Waals surface area contributed by atoms with Gasteiger partial charge in [-0.15, -0.1) is 0 Å². The molecule has 0 bridgehead atoms. The molecule has 0 aromatic heterocycles. The molecule has 4 rings (SSSR count). The van der Waals surface area contributed by atoms with Crippen molar-refractivity contribution in [1.82, 2.24) is 4.90 Å². The second-order valence-corrected chi connectivity index (χ2v) is 8.91. The van der Waals surface area contributed by atoms with Crippen molar-refractivity contribution in [2.75, 3.05) is 13.1 Å². The van der Waals surface area contributed by atoms with Gasteiger partial charge < -0.3 is 14.4 Å². The van der Waals surface area contributed by atoms with Crippen molar-refractivity contribution in [3.63, 3.8) is 0 Å². The van der Waals surface area contributed by atoms with E-state index in [0.29, 0.717) is 48.4 Å². The molecule has 2 heterocycles. The van der Waals surface area contributed by atoms with E-state index in [2.05, 4.69) is 0 Å². The van der Waals surface area contributed by atoms with E-state index in [0.717, 1.165) is 0 Å². The maximum absolute atomic E-state index is 13.3. The summed E-state index contributed by atoms with van der Waals surface area (Å²) in [7, 11) is 0. The molecule has 1 spiro atoms. The molecule has 162 valence electrons. The fourth-order valence-corrected chi connectivity index (χ4v) is 3.98. The van der Waals surface area contributed by atoms with Crippen LogP contribution in [0.25, 0.3) is 11.1 Å². The second kappa shape index (κ2) is 7.37. The smallest absolute Gasteiger partial charge is 0.410 e. The van der Waals surface area contributed by atoms with Gasteiger partial charge in [-0.25, -0.2) is 4.79 Å². The zero-order chi connectivity index (χ0) is 22.4. The molecule has 2 aromatic rings. The van der Waals surface area contributed by atoms with Gasteiger partial charge in [0, 0.05) is 38.1 Å². The Hall–Kier alpha value is -3.42. The Morgan fingerprint density at radius 2 is 1.81 bits per heavy atom. The number of ether oxygens (including phenoxy) is 2. The van der Waals surface area contributed by atoms with Crippen molar-refractivity contribution >= 4 is 17.6 Å². The Labute approximate surface area is 179 Å². The first-order valence-corrected chi connectivity index (χ1v) is 10.2. The number of hydrogen-bond acceptors (Lipinski definition) is 6. The molecular formula is C23H24N2O6. The van der Waals surface area contributed by atoms with Crippen LogP contribution in [0.4, 0.5) is 10.5 Å². The molecule has 8 heteroatoms. The molecule has 0 saturated carbocycles. The lowest BCUT2D eigenvalue weighted by atomic mass is 9.85. The van der Waals surface area contributed by atoms with Crippen molar-refractivity contribution in [2.24, 2.45) is 0 Å². The number of rotatable bonds is 2. The highest BCUT2D eigenvalue weighted by molar-refractivity contribution is 6.08. The number of piperidine rings is 1. The van der Waals surface area contributed by atoms with Crippen LogP contribution in [0, 0.1) is 10.1 Å². The van der Waals surface area contributed by atoms with Gasteiger partial charge in [-0.05, 0) is 44.0 Å². The topological polar surface area (TPSA) is 99.0 Å². The summed E-state index contributed by atoms with van der Waals surface area (Å²) in [6.45, 7) is 6.18. The van der Waals surface area contributed by atoms with Gasteiger partial charge in [0.05, 0.1) is 10.5 Å². The minimum absolute atomic E-state index is 0.00781. The summed E-state index contributed by atoms with van der Waals surface area (Å²) >= 11 is 0. The van der Waals surface area contributed by atoms with Crippen LogP contribution < -0.4 is 4.74 Å². The molecule has 2 aliphatic rings. The third kappa shape index (κ3) is 3.97. The molecule has 0 N–H and O–H groups in total. The Balaban J connectivity index is 1.52. The van der Waals surface area contributed by atoms with Crippen molar-refractivity contribution in [2.45, 2.75) is 44.8 Å². The average molecular weight is 424 g/mol. The molecule has 2 aromatic carbocycles. The molecule has 0 radical (unpaired) electrons. The number of Topliss-reactive ketones (excluding diaryl/α,β-unsaturated/α-hetero) is 1. The van der Waals surface area contributed by atoms with Crippen LogP contribution in [0.1, 0.15) is 44.0 Å². The summed E-state index contributed by atoms with van der Waals surface area (Å²) in [4.78, 5) is 37.8. The first-order valence-electron chi connectivity index (χ1n) is 10.2. The minimum Gasteiger partial charge on any atom is -0.478 e. The molecule has 1 fully saturated rings. The van der Waals surface area contributed by atoms with Crippen LogP contribution in [0.2, 0.25) is 0 Å². The van der Waals surface area contributed by atoms with Crippen molar-refractivity contribution in [3.05, 3.63) is 58.1 Å². The molecule has 1 saturated heterocycles. The zero-order valence-corrected chi connectivity index (χ0v) is 17.7. The fraction of sp³-hybridized carbons (Fsp3) is 0.391. The molecule has 0 unspecified atom stereocenters. The summed E-state index contributed by atoms with van der Waals surface area (Å²) in [5.74, 6) is 0.392. The van der Waals surface area contributed by atoms with E-state index in [9.17, 15) is 19.7 Å². The predicted molar refractivity (Wildman–Crippen MR) is 113 cm³/mol. The molecule has 8 nitrogen and oxygen atoms in total. The maximum atomic E-state index is 13.3. The van der Waals surface area contributed by atoms with Gasteiger partial charge in [0.1, 0.15) is 11.4 Å². The van der Waals surface area contributed by atoms with Crippen molar-refractivity contribution in [3.8, 4) is 16.9 Å². The highest BCUT2D eigenvalue weighted by Crippen LogP contribution is 2.42. The number of ketones is 1. The lowest BCUT2D eigenvalue weighted by molar-refractivity contribution is -0.384. The highest BCUT2D eigenvalue weighted by atomic mass is 16.6. The summed E-state index contributed by atoms with van der Waals surface area (Å²) in [6.07, 6.45) is 0.371. The number of nitro groups is 1. The summed E-state index contributed by atoms with van der Waals surface area (Å²) in [5, 5.41) is 11.1. The van der Waals surface area contributed by atoms with E-state index in [1.165, 1.54) is 12.1 Å². The van der Waals surface area contributed by atoms with Crippen LogP contribution in [-0.4, -0.2) is 46.0 Å². The van der Waals surface area contributed by atoms with Crippen molar-refractivity contribution < 1.29 is 24.0 Å². The quantitative estimate of drug-likeness (QED) is 0.516. The Bertz CT molecular complexity index is 1060. The SMILES string of the molecule is CC(C)(C)OC(=O)N1CCC2(CC1)Oc1ccc(-c3cccc([N+](=O)[O-])c3)cc1C2=O. The number of hydrogen-bond donors (Lipinski definition) is 0. The number of non-ortho nitro benzene ring substituents is 1. The summed E-state index contributed by atoms with van der Waals surface area (Å²) < 4.78 is 11.5. The lowest BCUT2D eigenvalue weighted by Crippen LogP contribution is -2.52. The van der Waals surface area contributed by atoms with Crippen LogP contribution >= 0.6 is 0 Å². The first kappa shape index (κ1) is 20.8. The number of carbonyl (C=O) groups is 2. The number of amides is 1. The molecular weight excluding hydrogens is 400 g/mol. The van der Waals surface area contributed by atoms with Crippen LogP contribution in [0.15, 0.2) is 42.5 Å². The summed E-state index contributed by atoms with van der Waals surface area (Å²) in [5.41, 5.74) is 0.266. The van der Waals surface area contributed by atoms with Gasteiger partial charge in [0.2, 0.25) is 5.78 Å². The largest absolute Gasteiger partial charge is 0.478 e. The molecule has 2 aliphatic heterocycles. The van der Waals surface area contributed by atoms with Gasteiger partial charge in [0.15, 0.2) is 5.60 Å². The average Bonchev–Trinajstić information content (AvgIpc) is 2.98. The van der Waals surface area contributed by atoms with Crippen LogP contribution in [0.3, 0.4) is 0 Å². The Morgan fingerprint density at radius 3 is 2.45 bits per heavy atom. The third-order valence-corrected chi connectivity index (χ3v) is 5.56. The second-order valence-electron chi connectivity index (χ2n) is 8.91. The van der Waals surface area contributed by atoms with Gasteiger partial charge >= 0.3 is 6.09 Å². The normalized spacial score (nSPS) is 17.3. The number of carbonyl (C=O) groups excluding carboxylic acids is 2. The van der Waals surface area contributed by atoms with Gasteiger partial charge in [-0.3, -0.25) is 14.9 Å². The van der Waals surface area contributed by atoms with E-state index in [-0.39, 0.29) is 11.5 Å². The van der Waals surface area contributed by atoms with E-state index < -0.39 is 22.2 Å². The Kier molecular flexibility index (Phi) is 4.95.